The van der Waals surface area contributed by atoms with E-state index in [1.165, 1.54) is 24.3 Å². The Hall–Kier alpha value is -1.47. The summed E-state index contributed by atoms with van der Waals surface area (Å²) in [6.45, 7) is -0.0289. The van der Waals surface area contributed by atoms with Crippen LogP contribution in [0.15, 0.2) is 24.3 Å². The predicted octanol–water partition coefficient (Wildman–Crippen LogP) is -0.227. The van der Waals surface area contributed by atoms with E-state index < -0.39 is 10.0 Å². The number of halogens is 1. The van der Waals surface area contributed by atoms with Crippen molar-refractivity contribution in [2.45, 2.75) is 6.42 Å². The second kappa shape index (κ2) is 5.74. The topological polar surface area (TPSA) is 89.3 Å². The molecular formula is C10H13FN2O3S. The largest absolute Gasteiger partial charge is 0.355 e. The first-order valence-electron chi connectivity index (χ1n) is 4.88. The summed E-state index contributed by atoms with van der Waals surface area (Å²) >= 11 is 0. The van der Waals surface area contributed by atoms with Crippen LogP contribution >= 0.6 is 0 Å². The number of hydrogen-bond acceptors (Lipinski definition) is 3. The van der Waals surface area contributed by atoms with Crippen molar-refractivity contribution in [3.05, 3.63) is 35.6 Å². The van der Waals surface area contributed by atoms with Gasteiger partial charge in [-0.15, -0.1) is 0 Å². The van der Waals surface area contributed by atoms with E-state index in [0.29, 0.717) is 5.56 Å². The van der Waals surface area contributed by atoms with Crippen molar-refractivity contribution in [2.24, 2.45) is 5.14 Å². The molecule has 0 unspecified atom stereocenters. The minimum atomic E-state index is -3.56. The second-order valence-electron chi connectivity index (χ2n) is 3.52. The maximum Gasteiger partial charge on any atom is 0.224 e. The minimum absolute atomic E-state index is 0.0289. The molecule has 1 aromatic rings. The highest BCUT2D eigenvalue weighted by Crippen LogP contribution is 2.03. The molecule has 3 N–H and O–H groups in total. The number of sulfonamides is 1. The number of nitrogens with one attached hydrogen (secondary N) is 1. The molecule has 0 aliphatic heterocycles. The van der Waals surface area contributed by atoms with Crippen LogP contribution in [0, 0.1) is 5.82 Å². The fourth-order valence-electron chi connectivity index (χ4n) is 1.18. The highest BCUT2D eigenvalue weighted by molar-refractivity contribution is 7.89. The van der Waals surface area contributed by atoms with Gasteiger partial charge >= 0.3 is 0 Å². The Balaban J connectivity index is 2.37. The maximum absolute atomic E-state index is 12.6. The van der Waals surface area contributed by atoms with Crippen molar-refractivity contribution < 1.29 is 17.6 Å². The molecular weight excluding hydrogens is 247 g/mol. The Morgan fingerprint density at radius 2 is 1.88 bits per heavy atom. The molecule has 0 saturated carbocycles. The van der Waals surface area contributed by atoms with Crippen LogP contribution in [0.25, 0.3) is 0 Å². The molecule has 0 aromatic heterocycles. The Morgan fingerprint density at radius 1 is 1.29 bits per heavy atom. The van der Waals surface area contributed by atoms with Gasteiger partial charge in [-0.2, -0.15) is 0 Å². The van der Waals surface area contributed by atoms with Crippen LogP contribution in [0.2, 0.25) is 0 Å². The Labute approximate surface area is 98.9 Å². The van der Waals surface area contributed by atoms with E-state index in [9.17, 15) is 17.6 Å². The van der Waals surface area contributed by atoms with Crippen molar-refractivity contribution >= 4 is 15.9 Å². The molecule has 0 heterocycles. The quantitative estimate of drug-likeness (QED) is 0.766. The number of primary sulfonamides is 1. The van der Waals surface area contributed by atoms with E-state index in [1.807, 2.05) is 0 Å². The molecule has 1 aromatic carbocycles. The zero-order chi connectivity index (χ0) is 12.9. The minimum Gasteiger partial charge on any atom is -0.355 e. The molecule has 17 heavy (non-hydrogen) atoms. The molecule has 1 amide bonds. The number of carbonyl (C=O) groups is 1. The summed E-state index contributed by atoms with van der Waals surface area (Å²) in [7, 11) is -3.56. The Kier molecular flexibility index (Phi) is 4.59. The third-order valence-electron chi connectivity index (χ3n) is 1.99. The highest BCUT2D eigenvalue weighted by Gasteiger charge is 2.06. The first-order chi connectivity index (χ1) is 7.87. The first kappa shape index (κ1) is 13.6. The SMILES string of the molecule is NS(=O)(=O)CCNC(=O)Cc1ccc(F)cc1. The van der Waals surface area contributed by atoms with Gasteiger partial charge in [0.1, 0.15) is 5.82 Å². The van der Waals surface area contributed by atoms with Gasteiger partial charge < -0.3 is 5.32 Å². The normalized spacial score (nSPS) is 11.2. The third-order valence-corrected chi connectivity index (χ3v) is 2.76. The molecule has 94 valence electrons. The standard InChI is InChI=1S/C10H13FN2O3S/c11-9-3-1-8(2-4-9)7-10(14)13-5-6-17(12,15)16/h1-4H,5-7H2,(H,13,14)(H2,12,15,16). The van der Waals surface area contributed by atoms with Gasteiger partial charge in [-0.3, -0.25) is 4.79 Å². The van der Waals surface area contributed by atoms with Gasteiger partial charge in [0.05, 0.1) is 12.2 Å². The van der Waals surface area contributed by atoms with Gasteiger partial charge in [0.2, 0.25) is 15.9 Å². The molecule has 0 spiro atoms. The van der Waals surface area contributed by atoms with Gasteiger partial charge in [-0.1, -0.05) is 12.1 Å². The molecule has 0 saturated heterocycles. The lowest BCUT2D eigenvalue weighted by Gasteiger charge is -2.04. The van der Waals surface area contributed by atoms with Crippen molar-refractivity contribution in [3.63, 3.8) is 0 Å². The van der Waals surface area contributed by atoms with E-state index in [-0.39, 0.29) is 30.4 Å². The van der Waals surface area contributed by atoms with Crippen molar-refractivity contribution in [2.75, 3.05) is 12.3 Å². The lowest BCUT2D eigenvalue weighted by molar-refractivity contribution is -0.120. The van der Waals surface area contributed by atoms with Crippen LogP contribution in [-0.4, -0.2) is 26.6 Å². The molecule has 0 radical (unpaired) electrons. The summed E-state index contributed by atoms with van der Waals surface area (Å²) < 4.78 is 33.8. The number of carbonyl (C=O) groups excluding carboxylic acids is 1. The van der Waals surface area contributed by atoms with Gasteiger partial charge in [-0.25, -0.2) is 17.9 Å². The molecule has 7 heteroatoms. The van der Waals surface area contributed by atoms with Crippen molar-refractivity contribution in [1.29, 1.82) is 0 Å². The summed E-state index contributed by atoms with van der Waals surface area (Å²) in [6, 6.07) is 5.50. The molecule has 0 aliphatic carbocycles. The molecule has 0 fully saturated rings. The van der Waals surface area contributed by atoms with Crippen LogP contribution in [0.3, 0.4) is 0 Å². The predicted molar refractivity (Wildman–Crippen MR) is 61.1 cm³/mol. The average molecular weight is 260 g/mol. The van der Waals surface area contributed by atoms with E-state index in [0.717, 1.165) is 0 Å². The van der Waals surface area contributed by atoms with E-state index >= 15 is 0 Å². The molecule has 0 atom stereocenters. The highest BCUT2D eigenvalue weighted by atomic mass is 32.2. The van der Waals surface area contributed by atoms with Crippen LogP contribution in [0.5, 0.6) is 0 Å². The van der Waals surface area contributed by atoms with Crippen LogP contribution in [-0.2, 0) is 21.2 Å². The van der Waals surface area contributed by atoms with Crippen LogP contribution in [0.1, 0.15) is 5.56 Å². The number of amides is 1. The van der Waals surface area contributed by atoms with Gasteiger partial charge in [0, 0.05) is 6.54 Å². The smallest absolute Gasteiger partial charge is 0.224 e. The van der Waals surface area contributed by atoms with Gasteiger partial charge in [-0.05, 0) is 17.7 Å². The van der Waals surface area contributed by atoms with Gasteiger partial charge in [0.25, 0.3) is 0 Å². The third kappa shape index (κ3) is 5.98. The molecule has 0 aliphatic rings. The van der Waals surface area contributed by atoms with Crippen molar-refractivity contribution in [3.8, 4) is 0 Å². The fraction of sp³-hybridized carbons (Fsp3) is 0.300. The monoisotopic (exact) mass is 260 g/mol. The van der Waals surface area contributed by atoms with E-state index in [1.54, 1.807) is 0 Å². The maximum atomic E-state index is 12.6. The summed E-state index contributed by atoms with van der Waals surface area (Å²) in [6.07, 6.45) is 0.0743. The fourth-order valence-corrected chi connectivity index (χ4v) is 1.57. The zero-order valence-electron chi connectivity index (χ0n) is 9.02. The van der Waals surface area contributed by atoms with Crippen LogP contribution < -0.4 is 10.5 Å². The number of benzene rings is 1. The van der Waals surface area contributed by atoms with Gasteiger partial charge in [0.15, 0.2) is 0 Å². The summed E-state index contributed by atoms with van der Waals surface area (Å²) in [5.41, 5.74) is 0.652. The summed E-state index contributed by atoms with van der Waals surface area (Å²) in [5, 5.41) is 7.18. The van der Waals surface area contributed by atoms with Crippen LogP contribution in [0.4, 0.5) is 4.39 Å². The van der Waals surface area contributed by atoms with E-state index in [2.05, 4.69) is 5.32 Å². The van der Waals surface area contributed by atoms with E-state index in [4.69, 9.17) is 5.14 Å². The first-order valence-corrected chi connectivity index (χ1v) is 6.60. The Bertz CT molecular complexity index is 485. The average Bonchev–Trinajstić information content (AvgIpc) is 2.19. The number of rotatable bonds is 5. The Morgan fingerprint density at radius 3 is 2.41 bits per heavy atom. The molecule has 5 nitrogen and oxygen atoms in total. The lowest BCUT2D eigenvalue weighted by atomic mass is 10.1. The zero-order valence-corrected chi connectivity index (χ0v) is 9.84. The summed E-state index contributed by atoms with van der Waals surface area (Å²) in [4.78, 5) is 11.3. The molecule has 1 rings (SSSR count). The number of hydrogen-bond donors (Lipinski definition) is 2. The summed E-state index contributed by atoms with van der Waals surface area (Å²) in [5.74, 6) is -1.01. The second-order valence-corrected chi connectivity index (χ2v) is 5.25. The molecule has 0 bridgehead atoms. The lowest BCUT2D eigenvalue weighted by Crippen LogP contribution is -2.32. The number of nitrogens with two attached hydrogens (primary N) is 1. The van der Waals surface area contributed by atoms with Crippen molar-refractivity contribution in [1.82, 2.24) is 5.32 Å².